The Balaban J connectivity index is 1.27. The van der Waals surface area contributed by atoms with Crippen LogP contribution >= 0.6 is 0 Å². The first-order valence-corrected chi connectivity index (χ1v) is 10.4. The largest absolute Gasteiger partial charge is 0.352 e. The molecule has 2 fully saturated rings. The number of hydrogen-bond acceptors (Lipinski definition) is 3. The fourth-order valence-electron chi connectivity index (χ4n) is 3.61. The standard InChI is InChI=1S/C23H28N4O2/c1-17(22(28)24-20-11-12-20)26-13-15-27(16-14-26)23(29)25-21-9-7-19(8-10-21)18-5-3-2-4-6-18/h2-10,17,20H,11-16H2,1H3,(H,24,28)(H,25,29). The summed E-state index contributed by atoms with van der Waals surface area (Å²) in [5, 5.41) is 6.04. The van der Waals surface area contributed by atoms with Gasteiger partial charge in [0.25, 0.3) is 0 Å². The number of amides is 3. The van der Waals surface area contributed by atoms with Gasteiger partial charge in [0.1, 0.15) is 0 Å². The molecule has 1 aliphatic heterocycles. The van der Waals surface area contributed by atoms with Crippen LogP contribution in [0.15, 0.2) is 54.6 Å². The van der Waals surface area contributed by atoms with Crippen LogP contribution in [-0.4, -0.2) is 60.0 Å². The van der Waals surface area contributed by atoms with Gasteiger partial charge in [0.15, 0.2) is 0 Å². The summed E-state index contributed by atoms with van der Waals surface area (Å²) in [5.74, 6) is 0.101. The number of nitrogens with one attached hydrogen (secondary N) is 2. The Kier molecular flexibility index (Phi) is 5.81. The van der Waals surface area contributed by atoms with E-state index in [2.05, 4.69) is 27.7 Å². The molecular formula is C23H28N4O2. The maximum Gasteiger partial charge on any atom is 0.321 e. The zero-order valence-corrected chi connectivity index (χ0v) is 16.8. The Bertz CT molecular complexity index is 841. The summed E-state index contributed by atoms with van der Waals surface area (Å²) in [6, 6.07) is 18.2. The summed E-state index contributed by atoms with van der Waals surface area (Å²) >= 11 is 0. The van der Waals surface area contributed by atoms with Crippen molar-refractivity contribution in [1.82, 2.24) is 15.1 Å². The van der Waals surface area contributed by atoms with Crippen LogP contribution in [0.1, 0.15) is 19.8 Å². The first-order valence-electron chi connectivity index (χ1n) is 10.4. The van der Waals surface area contributed by atoms with Gasteiger partial charge in [-0.3, -0.25) is 9.69 Å². The highest BCUT2D eigenvalue weighted by atomic mass is 16.2. The van der Waals surface area contributed by atoms with Gasteiger partial charge in [-0.15, -0.1) is 0 Å². The van der Waals surface area contributed by atoms with E-state index in [1.54, 1.807) is 0 Å². The zero-order chi connectivity index (χ0) is 20.2. The van der Waals surface area contributed by atoms with Crippen LogP contribution in [0.4, 0.5) is 10.5 Å². The maximum atomic E-state index is 12.6. The average Bonchev–Trinajstić information content (AvgIpc) is 3.58. The molecule has 2 N–H and O–H groups in total. The fraction of sp³-hybridized carbons (Fsp3) is 0.391. The number of benzene rings is 2. The number of piperazine rings is 1. The Morgan fingerprint density at radius 2 is 1.52 bits per heavy atom. The Hall–Kier alpha value is -2.86. The molecule has 1 heterocycles. The second-order valence-electron chi connectivity index (χ2n) is 7.86. The summed E-state index contributed by atoms with van der Waals surface area (Å²) < 4.78 is 0. The third-order valence-electron chi connectivity index (χ3n) is 5.70. The summed E-state index contributed by atoms with van der Waals surface area (Å²) in [6.07, 6.45) is 2.19. The molecule has 1 aliphatic carbocycles. The normalized spacial score (nSPS) is 18.2. The SMILES string of the molecule is CC(C(=O)NC1CC1)N1CCN(C(=O)Nc2ccc(-c3ccccc3)cc2)CC1. The van der Waals surface area contributed by atoms with Crippen molar-refractivity contribution in [1.29, 1.82) is 0 Å². The van der Waals surface area contributed by atoms with Gasteiger partial charge in [-0.05, 0) is 43.0 Å². The molecule has 6 heteroatoms. The molecule has 4 rings (SSSR count). The van der Waals surface area contributed by atoms with Crippen molar-refractivity contribution in [2.24, 2.45) is 0 Å². The molecule has 6 nitrogen and oxygen atoms in total. The number of urea groups is 1. The van der Waals surface area contributed by atoms with Crippen molar-refractivity contribution in [3.63, 3.8) is 0 Å². The van der Waals surface area contributed by atoms with Crippen molar-refractivity contribution in [2.45, 2.75) is 31.8 Å². The van der Waals surface area contributed by atoms with E-state index < -0.39 is 0 Å². The van der Waals surface area contributed by atoms with E-state index in [1.165, 1.54) is 0 Å². The van der Waals surface area contributed by atoms with E-state index in [-0.39, 0.29) is 18.0 Å². The van der Waals surface area contributed by atoms with E-state index in [0.717, 1.165) is 29.7 Å². The minimum Gasteiger partial charge on any atom is -0.352 e. The molecular weight excluding hydrogens is 364 g/mol. The smallest absolute Gasteiger partial charge is 0.321 e. The van der Waals surface area contributed by atoms with Crippen LogP contribution in [0.5, 0.6) is 0 Å². The van der Waals surface area contributed by atoms with Gasteiger partial charge in [0.05, 0.1) is 6.04 Å². The van der Waals surface area contributed by atoms with Crippen molar-refractivity contribution in [3.8, 4) is 11.1 Å². The van der Waals surface area contributed by atoms with E-state index in [1.807, 2.05) is 54.3 Å². The van der Waals surface area contributed by atoms with Crippen LogP contribution in [0, 0.1) is 0 Å². The topological polar surface area (TPSA) is 64.7 Å². The average molecular weight is 393 g/mol. The van der Waals surface area contributed by atoms with Gasteiger partial charge in [0, 0.05) is 37.9 Å². The first kappa shape index (κ1) is 19.5. The van der Waals surface area contributed by atoms with Crippen molar-refractivity contribution < 1.29 is 9.59 Å². The highest BCUT2D eigenvalue weighted by Crippen LogP contribution is 2.22. The number of anilines is 1. The van der Waals surface area contributed by atoms with Gasteiger partial charge in [0.2, 0.25) is 5.91 Å². The van der Waals surface area contributed by atoms with Crippen molar-refractivity contribution in [2.75, 3.05) is 31.5 Å². The second-order valence-corrected chi connectivity index (χ2v) is 7.86. The predicted octanol–water partition coefficient (Wildman–Crippen LogP) is 3.17. The van der Waals surface area contributed by atoms with E-state index in [0.29, 0.717) is 32.2 Å². The Morgan fingerprint density at radius 3 is 2.14 bits per heavy atom. The van der Waals surface area contributed by atoms with Gasteiger partial charge < -0.3 is 15.5 Å². The molecule has 1 unspecified atom stereocenters. The van der Waals surface area contributed by atoms with Crippen LogP contribution < -0.4 is 10.6 Å². The molecule has 2 aromatic carbocycles. The van der Waals surface area contributed by atoms with Crippen molar-refractivity contribution in [3.05, 3.63) is 54.6 Å². The molecule has 2 aliphatic rings. The number of carbonyl (C=O) groups excluding carboxylic acids is 2. The summed E-state index contributed by atoms with van der Waals surface area (Å²) in [4.78, 5) is 28.8. The third kappa shape index (κ3) is 4.95. The molecule has 3 amide bonds. The number of hydrogen-bond donors (Lipinski definition) is 2. The van der Waals surface area contributed by atoms with Crippen molar-refractivity contribution >= 4 is 17.6 Å². The highest BCUT2D eigenvalue weighted by molar-refractivity contribution is 5.89. The number of rotatable bonds is 5. The second kappa shape index (κ2) is 8.66. The van der Waals surface area contributed by atoms with Crippen LogP contribution in [-0.2, 0) is 4.79 Å². The monoisotopic (exact) mass is 392 g/mol. The summed E-state index contributed by atoms with van der Waals surface area (Å²) in [5.41, 5.74) is 3.06. The number of nitrogens with zero attached hydrogens (tertiary/aromatic N) is 2. The first-order chi connectivity index (χ1) is 14.1. The third-order valence-corrected chi connectivity index (χ3v) is 5.70. The van der Waals surface area contributed by atoms with E-state index >= 15 is 0 Å². The van der Waals surface area contributed by atoms with E-state index in [9.17, 15) is 9.59 Å². The Labute approximate surface area is 171 Å². The lowest BCUT2D eigenvalue weighted by atomic mass is 10.1. The van der Waals surface area contributed by atoms with Crippen LogP contribution in [0.25, 0.3) is 11.1 Å². The fourth-order valence-corrected chi connectivity index (χ4v) is 3.61. The minimum absolute atomic E-state index is 0.0906. The lowest BCUT2D eigenvalue weighted by molar-refractivity contribution is -0.126. The van der Waals surface area contributed by atoms with Gasteiger partial charge >= 0.3 is 6.03 Å². The molecule has 0 bridgehead atoms. The molecule has 1 atom stereocenters. The predicted molar refractivity (Wildman–Crippen MR) is 115 cm³/mol. The number of carbonyl (C=O) groups is 2. The maximum absolute atomic E-state index is 12.6. The lowest BCUT2D eigenvalue weighted by Gasteiger charge is -2.37. The minimum atomic E-state index is -0.147. The molecule has 0 spiro atoms. The Morgan fingerprint density at radius 1 is 0.897 bits per heavy atom. The molecule has 0 aromatic heterocycles. The molecule has 1 saturated carbocycles. The van der Waals surface area contributed by atoms with Crippen LogP contribution in [0.2, 0.25) is 0 Å². The molecule has 1 saturated heterocycles. The molecule has 29 heavy (non-hydrogen) atoms. The quantitative estimate of drug-likeness (QED) is 0.822. The zero-order valence-electron chi connectivity index (χ0n) is 16.8. The summed E-state index contributed by atoms with van der Waals surface area (Å²) in [6.45, 7) is 4.60. The van der Waals surface area contributed by atoms with Gasteiger partial charge in [-0.25, -0.2) is 4.79 Å². The summed E-state index contributed by atoms with van der Waals surface area (Å²) in [7, 11) is 0. The van der Waals surface area contributed by atoms with Gasteiger partial charge in [-0.2, -0.15) is 0 Å². The van der Waals surface area contributed by atoms with Gasteiger partial charge in [-0.1, -0.05) is 42.5 Å². The van der Waals surface area contributed by atoms with E-state index in [4.69, 9.17) is 0 Å². The molecule has 152 valence electrons. The van der Waals surface area contributed by atoms with Crippen LogP contribution in [0.3, 0.4) is 0 Å². The molecule has 2 aromatic rings. The lowest BCUT2D eigenvalue weighted by Crippen LogP contribution is -2.55. The highest BCUT2D eigenvalue weighted by Gasteiger charge is 2.30. The molecule has 0 radical (unpaired) electrons.